The van der Waals surface area contributed by atoms with Crippen LogP contribution in [0.5, 0.6) is 5.75 Å². The molecule has 12 heteroatoms. The third-order valence-electron chi connectivity index (χ3n) is 3.24. The molecule has 1 aromatic heterocycles. The molecule has 30 heavy (non-hydrogen) atoms. The zero-order valence-electron chi connectivity index (χ0n) is 15.0. The Morgan fingerprint density at radius 2 is 1.47 bits per heavy atom. The Hall–Kier alpha value is -1.78. The molecule has 0 aliphatic heterocycles. The van der Waals surface area contributed by atoms with E-state index in [-0.39, 0.29) is 18.0 Å². The Labute approximate surface area is 193 Å². The van der Waals surface area contributed by atoms with Crippen molar-refractivity contribution in [1.29, 1.82) is 0 Å². The number of nitrogens with one attached hydrogen (secondary N) is 1. The van der Waals surface area contributed by atoms with Gasteiger partial charge in [0.1, 0.15) is 0 Å². The summed E-state index contributed by atoms with van der Waals surface area (Å²) in [6.45, 7) is 0. The fourth-order valence-corrected chi connectivity index (χ4v) is 3.16. The first-order chi connectivity index (χ1) is 14.5. The van der Waals surface area contributed by atoms with Crippen LogP contribution in [0.15, 0.2) is 86.5 Å². The van der Waals surface area contributed by atoms with Gasteiger partial charge in [-0.15, -0.1) is 0 Å². The van der Waals surface area contributed by atoms with E-state index in [1.54, 1.807) is 42.5 Å². The monoisotopic (exact) mass is 527 g/mol. The molecular weight excluding hydrogens is 513 g/mol. The van der Waals surface area contributed by atoms with Crippen molar-refractivity contribution < 1.29 is 30.8 Å². The molecule has 3 rings (SSSR count). The van der Waals surface area contributed by atoms with Gasteiger partial charge in [-0.25, -0.2) is 0 Å². The third kappa shape index (κ3) is 8.93. The summed E-state index contributed by atoms with van der Waals surface area (Å²) in [5, 5.41) is 0. The van der Waals surface area contributed by atoms with Crippen LogP contribution >= 0.6 is 32.4 Å². The summed E-state index contributed by atoms with van der Waals surface area (Å²) in [7, 11) is 5.80. The second kappa shape index (κ2) is 13.5. The summed E-state index contributed by atoms with van der Waals surface area (Å²) < 4.78 is 36.7. The van der Waals surface area contributed by atoms with Crippen molar-refractivity contribution in [3.8, 4) is 5.75 Å². The van der Waals surface area contributed by atoms with Crippen LogP contribution in [0.2, 0.25) is 0 Å². The SMILES string of the molecule is O=S(=O)(/N=C/c1ccc(/C=N/SOOc2ccccc2)[nH]1)c1ccccc1.[Cl][Fe][Cl]. The first kappa shape index (κ1) is 24.5. The molecule has 0 spiro atoms. The van der Waals surface area contributed by atoms with Crippen LogP contribution in [0.1, 0.15) is 11.4 Å². The van der Waals surface area contributed by atoms with Gasteiger partial charge in [-0.3, -0.25) is 0 Å². The van der Waals surface area contributed by atoms with Gasteiger partial charge in [-0.2, -0.15) is 17.2 Å². The Balaban J connectivity index is 0.00000101. The predicted molar refractivity (Wildman–Crippen MR) is 117 cm³/mol. The number of hydrogen-bond acceptors (Lipinski definition) is 6. The van der Waals surface area contributed by atoms with Crippen molar-refractivity contribution in [3.05, 3.63) is 84.2 Å². The Kier molecular flexibility index (Phi) is 11.0. The molecule has 0 amide bonds. The third-order valence-corrected chi connectivity index (χ3v) is 4.81. The van der Waals surface area contributed by atoms with Crippen LogP contribution in [0, 0.1) is 0 Å². The molecular formula is C18H15Cl2FeN3O4S2. The summed E-state index contributed by atoms with van der Waals surface area (Å²) in [5.74, 6) is 0.568. The van der Waals surface area contributed by atoms with E-state index in [0.717, 1.165) is 12.2 Å². The normalized spacial score (nSPS) is 11.5. The average molecular weight is 528 g/mol. The van der Waals surface area contributed by atoms with Crippen molar-refractivity contribution in [3.63, 3.8) is 0 Å². The van der Waals surface area contributed by atoms with Crippen LogP contribution in [-0.4, -0.2) is 25.8 Å². The second-order valence-corrected chi connectivity index (χ2v) is 9.17. The zero-order chi connectivity index (χ0) is 21.7. The molecule has 0 fully saturated rings. The molecule has 0 atom stereocenters. The van der Waals surface area contributed by atoms with Gasteiger partial charge in [-0.1, -0.05) is 40.7 Å². The second-order valence-electron chi connectivity index (χ2n) is 5.22. The van der Waals surface area contributed by atoms with Crippen molar-refractivity contribution in [2.45, 2.75) is 4.90 Å². The molecule has 0 unspecified atom stereocenters. The van der Waals surface area contributed by atoms with Crippen LogP contribution in [0.25, 0.3) is 0 Å². The van der Waals surface area contributed by atoms with Gasteiger partial charge in [0.05, 0.1) is 28.7 Å². The van der Waals surface area contributed by atoms with Crippen LogP contribution in [0.4, 0.5) is 0 Å². The van der Waals surface area contributed by atoms with E-state index in [9.17, 15) is 8.42 Å². The number of H-pyrrole nitrogens is 1. The van der Waals surface area contributed by atoms with E-state index in [4.69, 9.17) is 29.4 Å². The average Bonchev–Trinajstić information content (AvgIpc) is 3.22. The van der Waals surface area contributed by atoms with Gasteiger partial charge in [-0.05, 0) is 36.4 Å². The van der Waals surface area contributed by atoms with Crippen LogP contribution in [0.3, 0.4) is 0 Å². The van der Waals surface area contributed by atoms with E-state index >= 15 is 0 Å². The maximum atomic E-state index is 12.1. The molecule has 0 radical (unpaired) electrons. The zero-order valence-corrected chi connectivity index (χ0v) is 19.3. The molecule has 7 nitrogen and oxygen atoms in total. The van der Waals surface area contributed by atoms with E-state index < -0.39 is 10.0 Å². The van der Waals surface area contributed by atoms with Crippen LogP contribution < -0.4 is 4.89 Å². The molecule has 0 saturated heterocycles. The number of nitrogens with zero attached hydrogens (tertiary/aromatic N) is 2. The Bertz CT molecular complexity index is 1050. The minimum atomic E-state index is -3.72. The molecule has 3 aromatic rings. The number of para-hydroxylation sites is 1. The quantitative estimate of drug-likeness (QED) is 0.0827. The Morgan fingerprint density at radius 1 is 0.900 bits per heavy atom. The summed E-state index contributed by atoms with van der Waals surface area (Å²) in [6, 6.07) is 20.5. The number of aromatic nitrogens is 1. The van der Waals surface area contributed by atoms with Crippen molar-refractivity contribution >= 4 is 54.9 Å². The molecule has 0 bridgehead atoms. The van der Waals surface area contributed by atoms with Crippen molar-refractivity contribution in [2.24, 2.45) is 8.80 Å². The number of halogens is 2. The van der Waals surface area contributed by atoms with E-state index in [1.807, 2.05) is 18.2 Å². The van der Waals surface area contributed by atoms with Crippen molar-refractivity contribution in [1.82, 2.24) is 4.98 Å². The predicted octanol–water partition coefficient (Wildman–Crippen LogP) is 5.19. The molecule has 160 valence electrons. The molecule has 1 heterocycles. The molecule has 0 aliphatic rings. The molecule has 1 N–H and O–H groups in total. The van der Waals surface area contributed by atoms with Crippen molar-refractivity contribution in [2.75, 3.05) is 0 Å². The molecule has 0 aliphatic carbocycles. The number of benzene rings is 2. The van der Waals surface area contributed by atoms with Gasteiger partial charge in [0.25, 0.3) is 10.0 Å². The first-order valence-corrected chi connectivity index (χ1v) is 13.2. The number of rotatable bonds is 8. The van der Waals surface area contributed by atoms with E-state index in [2.05, 4.69) is 13.8 Å². The molecule has 2 aromatic carbocycles. The minimum absolute atomic E-state index is 0.140. The number of aromatic amines is 1. The van der Waals surface area contributed by atoms with Crippen LogP contribution in [-0.2, 0) is 27.5 Å². The summed E-state index contributed by atoms with van der Waals surface area (Å²) >= 11 is 0.959. The summed E-state index contributed by atoms with van der Waals surface area (Å²) in [6.07, 6.45) is 2.77. The summed E-state index contributed by atoms with van der Waals surface area (Å²) in [4.78, 5) is 8.13. The Morgan fingerprint density at radius 3 is 2.10 bits per heavy atom. The number of hydrogen-bond donors (Lipinski definition) is 1. The van der Waals surface area contributed by atoms with Gasteiger partial charge < -0.3 is 9.87 Å². The maximum absolute atomic E-state index is 12.1. The fraction of sp³-hybridized carbons (Fsp3) is 0. The first-order valence-electron chi connectivity index (χ1n) is 8.03. The van der Waals surface area contributed by atoms with Gasteiger partial charge >= 0.3 is 33.3 Å². The van der Waals surface area contributed by atoms with E-state index in [1.165, 1.54) is 24.6 Å². The van der Waals surface area contributed by atoms with E-state index in [0.29, 0.717) is 17.1 Å². The summed E-state index contributed by atoms with van der Waals surface area (Å²) in [5.41, 5.74) is 1.19. The van der Waals surface area contributed by atoms with Gasteiger partial charge in [0.2, 0.25) is 0 Å². The molecule has 0 saturated carbocycles. The fourth-order valence-electron chi connectivity index (χ4n) is 1.99. The van der Waals surface area contributed by atoms with Gasteiger partial charge in [0.15, 0.2) is 18.0 Å². The van der Waals surface area contributed by atoms with Gasteiger partial charge in [0, 0.05) is 0 Å². The standard InChI is InChI=1S/C18H15N3O4S2.2ClH.Fe/c22-27(23,18-9-5-2-6-10-18)20-14-16-12-11-15(21-16)13-19-26-25-24-17-7-3-1-4-8-17;;;/h1-14,21H;2*1H;/q;;;+2/p-2/b19-13+,20-14+;;;. The number of sulfonamides is 1. The topological polar surface area (TPSA) is 93.1 Å².